The van der Waals surface area contributed by atoms with Crippen LogP contribution >= 0.6 is 0 Å². The van der Waals surface area contributed by atoms with Crippen molar-refractivity contribution in [2.45, 2.75) is 45.4 Å². The lowest BCUT2D eigenvalue weighted by molar-refractivity contribution is -0.154. The zero-order valence-corrected chi connectivity index (χ0v) is 14.5. The predicted octanol–water partition coefficient (Wildman–Crippen LogP) is 2.70. The minimum atomic E-state index is -4.63. The smallest absolute Gasteiger partial charge is 0.453 e. The van der Waals surface area contributed by atoms with Crippen molar-refractivity contribution in [2.24, 2.45) is 5.92 Å². The Morgan fingerprint density at radius 1 is 1.31 bits per heavy atom. The number of carbonyl (C=O) groups excluding carboxylic acids is 1. The van der Waals surface area contributed by atoms with Crippen LogP contribution in [0.25, 0.3) is 5.65 Å². The number of hydrogen-bond donors (Lipinski definition) is 0. The number of fused-ring (bicyclic) bond motifs is 1. The van der Waals surface area contributed by atoms with Crippen LogP contribution in [-0.2, 0) is 15.7 Å². The Labute approximate surface area is 148 Å². The molecule has 26 heavy (non-hydrogen) atoms. The van der Waals surface area contributed by atoms with Crippen LogP contribution in [0.4, 0.5) is 19.0 Å². The van der Waals surface area contributed by atoms with Gasteiger partial charge in [0.05, 0.1) is 12.0 Å². The van der Waals surface area contributed by atoms with Crippen molar-refractivity contribution in [1.82, 2.24) is 19.8 Å². The van der Waals surface area contributed by atoms with E-state index in [1.165, 1.54) is 6.07 Å². The van der Waals surface area contributed by atoms with E-state index in [1.54, 1.807) is 6.07 Å². The molecule has 2 aromatic heterocycles. The van der Waals surface area contributed by atoms with E-state index in [0.717, 1.165) is 6.42 Å². The molecule has 2 aromatic rings. The molecule has 1 saturated heterocycles. The summed E-state index contributed by atoms with van der Waals surface area (Å²) in [6.45, 7) is 4.83. The van der Waals surface area contributed by atoms with Crippen molar-refractivity contribution in [3.05, 3.63) is 18.0 Å². The number of esters is 1. The molecule has 10 heteroatoms. The maximum absolute atomic E-state index is 13.0. The maximum atomic E-state index is 13.0. The van der Waals surface area contributed by atoms with Crippen molar-refractivity contribution in [3.8, 4) is 0 Å². The van der Waals surface area contributed by atoms with Gasteiger partial charge in [-0.25, -0.2) is 0 Å². The van der Waals surface area contributed by atoms with Gasteiger partial charge in [-0.3, -0.25) is 4.79 Å². The van der Waals surface area contributed by atoms with Crippen LogP contribution < -0.4 is 4.90 Å². The zero-order chi connectivity index (χ0) is 18.9. The predicted molar refractivity (Wildman–Crippen MR) is 86.6 cm³/mol. The van der Waals surface area contributed by atoms with Crippen molar-refractivity contribution in [3.63, 3.8) is 0 Å². The van der Waals surface area contributed by atoms with Gasteiger partial charge in [0.2, 0.25) is 0 Å². The summed E-state index contributed by atoms with van der Waals surface area (Å²) in [4.78, 5) is 14.0. The number of aromatic nitrogens is 4. The van der Waals surface area contributed by atoms with Gasteiger partial charge in [-0.2, -0.15) is 17.7 Å². The molecule has 0 spiro atoms. The highest BCUT2D eigenvalue weighted by Crippen LogP contribution is 2.29. The minimum absolute atomic E-state index is 0.0353. The second kappa shape index (κ2) is 7.08. The monoisotopic (exact) mass is 371 g/mol. The number of anilines is 1. The topological polar surface area (TPSA) is 72.6 Å². The molecule has 0 amide bonds. The van der Waals surface area contributed by atoms with Gasteiger partial charge in [-0.05, 0) is 38.3 Å². The Morgan fingerprint density at radius 2 is 2.00 bits per heavy atom. The quantitative estimate of drug-likeness (QED) is 0.770. The fraction of sp³-hybridized carbons (Fsp3) is 0.625. The van der Waals surface area contributed by atoms with E-state index in [1.807, 2.05) is 18.7 Å². The summed E-state index contributed by atoms with van der Waals surface area (Å²) in [5, 5.41) is 10.7. The molecule has 1 unspecified atom stereocenters. The molecule has 3 heterocycles. The summed E-state index contributed by atoms with van der Waals surface area (Å²) in [5.74, 6) is -1.15. The zero-order valence-electron chi connectivity index (χ0n) is 14.5. The van der Waals surface area contributed by atoms with Crippen molar-refractivity contribution in [1.29, 1.82) is 0 Å². The molecular weight excluding hydrogens is 351 g/mol. The lowest BCUT2D eigenvalue weighted by atomic mass is 9.97. The van der Waals surface area contributed by atoms with E-state index in [2.05, 4.69) is 15.3 Å². The standard InChI is InChI=1S/C16H20F3N5O2/c1-3-10(2)26-14(25)11-6-8-23(9-7-11)13-5-4-12-20-21-15(16(17,18)19)24(12)22-13/h4-5,10-11H,3,6-9H2,1-2H3. The molecule has 1 atom stereocenters. The first-order chi connectivity index (χ1) is 12.3. The van der Waals surface area contributed by atoms with Gasteiger partial charge in [0.25, 0.3) is 5.82 Å². The molecule has 3 rings (SSSR count). The molecule has 0 radical (unpaired) electrons. The van der Waals surface area contributed by atoms with Gasteiger partial charge < -0.3 is 9.64 Å². The summed E-state index contributed by atoms with van der Waals surface area (Å²) < 4.78 is 45.0. The third-order valence-electron chi connectivity index (χ3n) is 4.55. The van der Waals surface area contributed by atoms with Crippen LogP contribution in [0.1, 0.15) is 38.9 Å². The Bertz CT molecular complexity index is 784. The maximum Gasteiger partial charge on any atom is 0.453 e. The summed E-state index contributed by atoms with van der Waals surface area (Å²) in [6.07, 6.45) is -2.83. The number of hydrogen-bond acceptors (Lipinski definition) is 6. The molecule has 0 saturated carbocycles. The Kier molecular flexibility index (Phi) is 5.01. The lowest BCUT2D eigenvalue weighted by Gasteiger charge is -2.32. The summed E-state index contributed by atoms with van der Waals surface area (Å²) in [6, 6.07) is 3.07. The first-order valence-electron chi connectivity index (χ1n) is 8.54. The van der Waals surface area contributed by atoms with E-state index in [-0.39, 0.29) is 23.6 Å². The van der Waals surface area contributed by atoms with E-state index in [0.29, 0.717) is 36.3 Å². The van der Waals surface area contributed by atoms with Crippen molar-refractivity contribution >= 4 is 17.4 Å². The second-order valence-electron chi connectivity index (χ2n) is 6.40. The average Bonchev–Trinajstić information content (AvgIpc) is 3.05. The van der Waals surface area contributed by atoms with E-state index < -0.39 is 12.0 Å². The number of halogens is 3. The normalized spacial score (nSPS) is 17.5. The van der Waals surface area contributed by atoms with Crippen molar-refractivity contribution < 1.29 is 22.7 Å². The molecule has 0 N–H and O–H groups in total. The molecule has 0 bridgehead atoms. The van der Waals surface area contributed by atoms with Gasteiger partial charge in [0, 0.05) is 13.1 Å². The van der Waals surface area contributed by atoms with Crippen LogP contribution in [0.2, 0.25) is 0 Å². The van der Waals surface area contributed by atoms with E-state index in [9.17, 15) is 18.0 Å². The second-order valence-corrected chi connectivity index (χ2v) is 6.40. The van der Waals surface area contributed by atoms with Crippen LogP contribution in [0.15, 0.2) is 12.1 Å². The summed E-state index contributed by atoms with van der Waals surface area (Å²) in [7, 11) is 0. The van der Waals surface area contributed by atoms with Crippen LogP contribution in [0.5, 0.6) is 0 Å². The average molecular weight is 371 g/mol. The third-order valence-corrected chi connectivity index (χ3v) is 4.55. The number of rotatable bonds is 4. The molecule has 7 nitrogen and oxygen atoms in total. The highest BCUT2D eigenvalue weighted by atomic mass is 19.4. The molecule has 1 aliphatic rings. The number of piperidine rings is 1. The number of nitrogens with zero attached hydrogens (tertiary/aromatic N) is 5. The Morgan fingerprint density at radius 3 is 2.62 bits per heavy atom. The minimum Gasteiger partial charge on any atom is -0.462 e. The highest BCUT2D eigenvalue weighted by Gasteiger charge is 2.38. The molecule has 1 fully saturated rings. The molecule has 1 aliphatic heterocycles. The van der Waals surface area contributed by atoms with E-state index >= 15 is 0 Å². The third kappa shape index (κ3) is 3.73. The summed E-state index contributed by atoms with van der Waals surface area (Å²) >= 11 is 0. The molecule has 142 valence electrons. The molecular formula is C16H20F3N5O2. The van der Waals surface area contributed by atoms with Crippen LogP contribution in [0, 0.1) is 5.92 Å². The SMILES string of the molecule is CCC(C)OC(=O)C1CCN(c2ccc3nnc(C(F)(F)F)n3n2)CC1. The van der Waals surface area contributed by atoms with Gasteiger partial charge in [-0.15, -0.1) is 15.3 Å². The van der Waals surface area contributed by atoms with Crippen molar-refractivity contribution in [2.75, 3.05) is 18.0 Å². The number of carbonyl (C=O) groups is 1. The fourth-order valence-electron chi connectivity index (χ4n) is 2.85. The van der Waals surface area contributed by atoms with Gasteiger partial charge >= 0.3 is 12.1 Å². The first kappa shape index (κ1) is 18.4. The largest absolute Gasteiger partial charge is 0.462 e. The lowest BCUT2D eigenvalue weighted by Crippen LogP contribution is -2.38. The van der Waals surface area contributed by atoms with Crippen LogP contribution in [0.3, 0.4) is 0 Å². The molecule has 0 aromatic carbocycles. The first-order valence-corrected chi connectivity index (χ1v) is 8.54. The summed E-state index contributed by atoms with van der Waals surface area (Å²) in [5.41, 5.74) is 0.0353. The highest BCUT2D eigenvalue weighted by molar-refractivity contribution is 5.73. The Balaban J connectivity index is 1.70. The fourth-order valence-corrected chi connectivity index (χ4v) is 2.85. The van der Waals surface area contributed by atoms with Crippen LogP contribution in [-0.4, -0.2) is 45.0 Å². The van der Waals surface area contributed by atoms with E-state index in [4.69, 9.17) is 4.74 Å². The number of alkyl halides is 3. The molecule has 0 aliphatic carbocycles. The van der Waals surface area contributed by atoms with Gasteiger partial charge in [-0.1, -0.05) is 6.92 Å². The van der Waals surface area contributed by atoms with Gasteiger partial charge in [0.15, 0.2) is 5.65 Å². The number of ether oxygens (including phenoxy) is 1. The van der Waals surface area contributed by atoms with Gasteiger partial charge in [0.1, 0.15) is 5.82 Å². The Hall–Kier alpha value is -2.39.